The van der Waals surface area contributed by atoms with E-state index in [1.165, 1.54) is 5.56 Å². The van der Waals surface area contributed by atoms with Crippen LogP contribution in [0.2, 0.25) is 0 Å². The Kier molecular flexibility index (Phi) is 6.25. The minimum Gasteiger partial charge on any atom is -0.378 e. The zero-order valence-corrected chi connectivity index (χ0v) is 18.7. The van der Waals surface area contributed by atoms with Crippen LogP contribution in [0.3, 0.4) is 0 Å². The van der Waals surface area contributed by atoms with Gasteiger partial charge in [-0.3, -0.25) is 10.4 Å². The highest BCUT2D eigenvalue weighted by molar-refractivity contribution is 5.89. The first-order chi connectivity index (χ1) is 16.3. The molecule has 1 aliphatic rings. The first-order valence-electron chi connectivity index (χ1n) is 11.2. The highest BCUT2D eigenvalue weighted by atomic mass is 16.5. The van der Waals surface area contributed by atoms with Crippen molar-refractivity contribution in [3.05, 3.63) is 77.7 Å². The molecule has 0 spiro atoms. The fourth-order valence-corrected chi connectivity index (χ4v) is 3.92. The fraction of sp³-hybridized carbons (Fsp3) is 0.280. The van der Waals surface area contributed by atoms with E-state index in [-0.39, 0.29) is 0 Å². The number of pyridine rings is 1. The van der Waals surface area contributed by atoms with Gasteiger partial charge in [0.05, 0.1) is 24.8 Å². The van der Waals surface area contributed by atoms with E-state index in [2.05, 4.69) is 50.2 Å². The van der Waals surface area contributed by atoms with Gasteiger partial charge in [-0.25, -0.2) is 0 Å². The number of hydrogen-bond donors (Lipinski definition) is 1. The number of aryl methyl sites for hydroxylation is 3. The number of ether oxygens (including phenoxy) is 1. The van der Waals surface area contributed by atoms with Crippen molar-refractivity contribution < 1.29 is 4.74 Å². The Bertz CT molecular complexity index is 1250. The normalized spacial score (nSPS) is 14.3. The molecule has 3 aromatic heterocycles. The van der Waals surface area contributed by atoms with Gasteiger partial charge in [-0.1, -0.05) is 35.9 Å². The summed E-state index contributed by atoms with van der Waals surface area (Å²) in [6, 6.07) is 16.3. The monoisotopic (exact) mass is 441 g/mol. The van der Waals surface area contributed by atoms with Gasteiger partial charge in [-0.2, -0.15) is 15.1 Å². The van der Waals surface area contributed by atoms with Gasteiger partial charge in [0.15, 0.2) is 5.82 Å². The maximum atomic E-state index is 5.51. The molecule has 168 valence electrons. The van der Waals surface area contributed by atoms with Gasteiger partial charge in [0.2, 0.25) is 5.95 Å². The van der Waals surface area contributed by atoms with Crippen molar-refractivity contribution in [2.45, 2.75) is 19.9 Å². The summed E-state index contributed by atoms with van der Waals surface area (Å²) < 4.78 is 7.67. The van der Waals surface area contributed by atoms with Crippen LogP contribution in [-0.2, 0) is 17.7 Å². The standard InChI is InChI=1S/C25H27N7O/c1-19-5-4-6-20(17-19)18-27-30-23-22-9-12-31(11-8-21-7-2-3-10-26-21)24(22)29-25(28-23)32-13-15-33-16-14-32/h2-7,9-10,12,17-18H,8,11,13-16H2,1H3,(H,28,29,30)/b27-18+. The minimum absolute atomic E-state index is 0.677. The molecule has 1 aliphatic heterocycles. The second kappa shape index (κ2) is 9.79. The Balaban J connectivity index is 1.45. The predicted molar refractivity (Wildman–Crippen MR) is 131 cm³/mol. The van der Waals surface area contributed by atoms with Crippen LogP contribution in [0.5, 0.6) is 0 Å². The summed E-state index contributed by atoms with van der Waals surface area (Å²) in [6.07, 6.45) is 6.53. The molecule has 0 unspecified atom stereocenters. The zero-order chi connectivity index (χ0) is 22.5. The Morgan fingerprint density at radius 2 is 2.00 bits per heavy atom. The molecule has 1 aromatic carbocycles. The van der Waals surface area contributed by atoms with Crippen LogP contribution in [0.4, 0.5) is 11.8 Å². The van der Waals surface area contributed by atoms with Crippen LogP contribution in [-0.4, -0.2) is 52.0 Å². The average Bonchev–Trinajstić information content (AvgIpc) is 3.27. The van der Waals surface area contributed by atoms with Gasteiger partial charge >= 0.3 is 0 Å². The quantitative estimate of drug-likeness (QED) is 0.348. The van der Waals surface area contributed by atoms with E-state index in [9.17, 15) is 0 Å². The Labute approximate surface area is 193 Å². The highest BCUT2D eigenvalue weighted by Gasteiger charge is 2.18. The third-order valence-electron chi connectivity index (χ3n) is 5.66. The number of hydrogen-bond acceptors (Lipinski definition) is 7. The van der Waals surface area contributed by atoms with Crippen LogP contribution >= 0.6 is 0 Å². The maximum absolute atomic E-state index is 5.51. The van der Waals surface area contributed by atoms with Gasteiger partial charge in [0.25, 0.3) is 0 Å². The van der Waals surface area contributed by atoms with E-state index in [0.717, 1.165) is 48.3 Å². The van der Waals surface area contributed by atoms with E-state index in [4.69, 9.17) is 14.7 Å². The third kappa shape index (κ3) is 5.01. The van der Waals surface area contributed by atoms with Crippen molar-refractivity contribution in [2.24, 2.45) is 5.10 Å². The van der Waals surface area contributed by atoms with E-state index in [1.54, 1.807) is 0 Å². The van der Waals surface area contributed by atoms with Gasteiger partial charge in [0.1, 0.15) is 5.65 Å². The number of nitrogens with one attached hydrogen (secondary N) is 1. The molecule has 5 rings (SSSR count). The summed E-state index contributed by atoms with van der Waals surface area (Å²) in [6.45, 7) is 5.75. The van der Waals surface area contributed by atoms with Gasteiger partial charge in [0, 0.05) is 44.1 Å². The summed E-state index contributed by atoms with van der Waals surface area (Å²) in [5, 5.41) is 5.40. The lowest BCUT2D eigenvalue weighted by Gasteiger charge is -2.27. The molecule has 0 radical (unpaired) electrons. The highest BCUT2D eigenvalue weighted by Crippen LogP contribution is 2.25. The third-order valence-corrected chi connectivity index (χ3v) is 5.66. The van der Waals surface area contributed by atoms with E-state index in [1.807, 2.05) is 48.8 Å². The Hall–Kier alpha value is -3.78. The molecule has 4 aromatic rings. The summed E-state index contributed by atoms with van der Waals surface area (Å²) >= 11 is 0. The van der Waals surface area contributed by atoms with Crippen LogP contribution in [0.15, 0.2) is 66.0 Å². The van der Waals surface area contributed by atoms with Gasteiger partial charge < -0.3 is 14.2 Å². The number of rotatable bonds is 7. The summed E-state index contributed by atoms with van der Waals surface area (Å²) in [4.78, 5) is 16.3. The second-order valence-corrected chi connectivity index (χ2v) is 8.07. The molecule has 0 atom stereocenters. The zero-order valence-electron chi connectivity index (χ0n) is 18.7. The minimum atomic E-state index is 0.677. The smallest absolute Gasteiger partial charge is 0.229 e. The van der Waals surface area contributed by atoms with Crippen LogP contribution in [0.1, 0.15) is 16.8 Å². The molecule has 1 N–H and O–H groups in total. The van der Waals surface area contributed by atoms with Crippen LogP contribution in [0.25, 0.3) is 11.0 Å². The van der Waals surface area contributed by atoms with Crippen LogP contribution < -0.4 is 10.3 Å². The Morgan fingerprint density at radius 3 is 2.82 bits per heavy atom. The number of morpholine rings is 1. The molecule has 33 heavy (non-hydrogen) atoms. The molecule has 8 nitrogen and oxygen atoms in total. The maximum Gasteiger partial charge on any atom is 0.229 e. The summed E-state index contributed by atoms with van der Waals surface area (Å²) in [5.74, 6) is 1.39. The number of nitrogens with zero attached hydrogens (tertiary/aromatic N) is 6. The first-order valence-corrected chi connectivity index (χ1v) is 11.2. The van der Waals surface area contributed by atoms with Gasteiger partial charge in [-0.05, 0) is 30.7 Å². The molecule has 0 amide bonds. The van der Waals surface area contributed by atoms with E-state index < -0.39 is 0 Å². The van der Waals surface area contributed by atoms with Crippen molar-refractivity contribution in [1.29, 1.82) is 0 Å². The average molecular weight is 442 g/mol. The molecule has 1 fully saturated rings. The van der Waals surface area contributed by atoms with E-state index >= 15 is 0 Å². The summed E-state index contributed by atoms with van der Waals surface area (Å²) in [7, 11) is 0. The molecular formula is C25H27N7O. The molecule has 1 saturated heterocycles. The van der Waals surface area contributed by atoms with E-state index in [0.29, 0.717) is 25.0 Å². The molecule has 4 heterocycles. The van der Waals surface area contributed by atoms with Crippen LogP contribution in [0, 0.1) is 6.92 Å². The van der Waals surface area contributed by atoms with Crippen molar-refractivity contribution in [2.75, 3.05) is 36.6 Å². The first kappa shape index (κ1) is 21.1. The number of benzene rings is 1. The molecular weight excluding hydrogens is 414 g/mol. The predicted octanol–water partition coefficient (Wildman–Crippen LogP) is 3.66. The van der Waals surface area contributed by atoms with Crippen molar-refractivity contribution >= 4 is 29.0 Å². The largest absolute Gasteiger partial charge is 0.378 e. The topological polar surface area (TPSA) is 80.5 Å². The number of hydrazone groups is 1. The second-order valence-electron chi connectivity index (χ2n) is 8.07. The lowest BCUT2D eigenvalue weighted by atomic mass is 10.2. The van der Waals surface area contributed by atoms with Crippen molar-refractivity contribution in [3.8, 4) is 0 Å². The van der Waals surface area contributed by atoms with Crippen molar-refractivity contribution in [1.82, 2.24) is 19.5 Å². The Morgan fingerprint density at radius 1 is 1.09 bits per heavy atom. The number of aromatic nitrogens is 4. The SMILES string of the molecule is Cc1cccc(/C=N/Nc2nc(N3CCOCC3)nc3c2ccn3CCc2ccccn2)c1. The molecule has 8 heteroatoms. The summed E-state index contributed by atoms with van der Waals surface area (Å²) in [5.41, 5.74) is 7.33. The lowest BCUT2D eigenvalue weighted by molar-refractivity contribution is 0.122. The van der Waals surface area contributed by atoms with Crippen molar-refractivity contribution in [3.63, 3.8) is 0 Å². The molecule has 0 bridgehead atoms. The molecule has 0 aliphatic carbocycles. The fourth-order valence-electron chi connectivity index (χ4n) is 3.92. The van der Waals surface area contributed by atoms with Gasteiger partial charge in [-0.15, -0.1) is 0 Å². The number of anilines is 2. The lowest BCUT2D eigenvalue weighted by Crippen LogP contribution is -2.37. The molecule has 0 saturated carbocycles. The number of fused-ring (bicyclic) bond motifs is 1.